The molecule has 0 saturated heterocycles. The summed E-state index contributed by atoms with van der Waals surface area (Å²) in [7, 11) is 0. The zero-order valence-electron chi connectivity index (χ0n) is 10.6. The van der Waals surface area contributed by atoms with E-state index >= 15 is 0 Å². The molecule has 0 aliphatic carbocycles. The van der Waals surface area contributed by atoms with Gasteiger partial charge in [0.05, 0.1) is 17.1 Å². The van der Waals surface area contributed by atoms with Gasteiger partial charge in [-0.05, 0) is 32.9 Å². The summed E-state index contributed by atoms with van der Waals surface area (Å²) < 4.78 is 1.62. The van der Waals surface area contributed by atoms with E-state index in [1.165, 1.54) is 0 Å². The van der Waals surface area contributed by atoms with Crippen molar-refractivity contribution in [1.29, 1.82) is 0 Å². The Balaban J connectivity index is 2.63. The molecule has 0 unspecified atom stereocenters. The number of primary amides is 1. The number of carbonyl (C=O) groups is 1. The van der Waals surface area contributed by atoms with E-state index in [-0.39, 0.29) is 0 Å². The van der Waals surface area contributed by atoms with Crippen LogP contribution >= 0.6 is 0 Å². The summed E-state index contributed by atoms with van der Waals surface area (Å²) in [6, 6.07) is 3.25. The van der Waals surface area contributed by atoms with Crippen molar-refractivity contribution in [3.8, 4) is 5.82 Å². The van der Waals surface area contributed by atoms with Crippen LogP contribution in [0, 0.1) is 20.8 Å². The summed E-state index contributed by atoms with van der Waals surface area (Å²) in [6.45, 7) is 5.47. The Morgan fingerprint density at radius 2 is 1.94 bits per heavy atom. The van der Waals surface area contributed by atoms with Gasteiger partial charge in [-0.25, -0.2) is 9.67 Å². The summed E-state index contributed by atoms with van der Waals surface area (Å²) in [5, 5.41) is 4.30. The maximum absolute atomic E-state index is 11.2. The summed E-state index contributed by atoms with van der Waals surface area (Å²) in [4.78, 5) is 15.6. The van der Waals surface area contributed by atoms with Crippen molar-refractivity contribution >= 4 is 11.6 Å². The van der Waals surface area contributed by atoms with Crippen molar-refractivity contribution < 1.29 is 4.79 Å². The number of hydrogen-bond acceptors (Lipinski definition) is 4. The Hall–Kier alpha value is -2.37. The van der Waals surface area contributed by atoms with E-state index in [9.17, 15) is 4.79 Å². The average Bonchev–Trinajstić information content (AvgIpc) is 2.56. The SMILES string of the molecule is Cc1cc(C(N)=O)cc(-n2nc(C)c(N)c2C)n1. The Bertz CT molecular complexity index is 630. The van der Waals surface area contributed by atoms with Crippen LogP contribution in [0.2, 0.25) is 0 Å². The highest BCUT2D eigenvalue weighted by Gasteiger charge is 2.13. The fourth-order valence-corrected chi connectivity index (χ4v) is 1.78. The fraction of sp³-hybridized carbons (Fsp3) is 0.250. The second-order valence-corrected chi connectivity index (χ2v) is 4.22. The van der Waals surface area contributed by atoms with Crippen LogP contribution in [-0.4, -0.2) is 20.7 Å². The third-order valence-electron chi connectivity index (χ3n) is 2.79. The van der Waals surface area contributed by atoms with Gasteiger partial charge in [0, 0.05) is 11.3 Å². The van der Waals surface area contributed by atoms with Crippen LogP contribution in [0.15, 0.2) is 12.1 Å². The largest absolute Gasteiger partial charge is 0.396 e. The van der Waals surface area contributed by atoms with E-state index in [0.29, 0.717) is 22.8 Å². The highest BCUT2D eigenvalue weighted by atomic mass is 16.1. The van der Waals surface area contributed by atoms with Crippen LogP contribution in [0.1, 0.15) is 27.4 Å². The van der Waals surface area contributed by atoms with Crippen LogP contribution in [0.4, 0.5) is 5.69 Å². The minimum Gasteiger partial charge on any atom is -0.396 e. The predicted octanol–water partition coefficient (Wildman–Crippen LogP) is 0.874. The lowest BCUT2D eigenvalue weighted by molar-refractivity contribution is 0.1000. The fourth-order valence-electron chi connectivity index (χ4n) is 1.78. The highest BCUT2D eigenvalue weighted by molar-refractivity contribution is 5.93. The van der Waals surface area contributed by atoms with Crippen molar-refractivity contribution in [2.45, 2.75) is 20.8 Å². The van der Waals surface area contributed by atoms with Gasteiger partial charge in [0.2, 0.25) is 5.91 Å². The van der Waals surface area contributed by atoms with Crippen LogP contribution in [0.25, 0.3) is 5.82 Å². The number of amides is 1. The zero-order valence-corrected chi connectivity index (χ0v) is 10.6. The maximum atomic E-state index is 11.2. The highest BCUT2D eigenvalue weighted by Crippen LogP contribution is 2.19. The van der Waals surface area contributed by atoms with Crippen LogP contribution < -0.4 is 11.5 Å². The predicted molar refractivity (Wildman–Crippen MR) is 68.5 cm³/mol. The molecule has 2 heterocycles. The molecular formula is C12H15N5O. The lowest BCUT2D eigenvalue weighted by atomic mass is 10.2. The Morgan fingerprint density at radius 1 is 1.28 bits per heavy atom. The quantitative estimate of drug-likeness (QED) is 0.820. The summed E-state index contributed by atoms with van der Waals surface area (Å²) in [6.07, 6.45) is 0. The van der Waals surface area contributed by atoms with E-state index in [0.717, 1.165) is 11.4 Å². The Kier molecular flexibility index (Phi) is 2.78. The number of aromatic nitrogens is 3. The molecule has 0 bridgehead atoms. The van der Waals surface area contributed by atoms with Gasteiger partial charge in [0.25, 0.3) is 0 Å². The number of nitrogens with zero attached hydrogens (tertiary/aromatic N) is 3. The third kappa shape index (κ3) is 1.92. The summed E-state index contributed by atoms with van der Waals surface area (Å²) in [5.74, 6) is 0.0531. The molecule has 0 aliphatic rings. The van der Waals surface area contributed by atoms with Gasteiger partial charge in [-0.1, -0.05) is 0 Å². The minimum atomic E-state index is -0.490. The smallest absolute Gasteiger partial charge is 0.248 e. The standard InChI is InChI=1S/C12H15N5O/c1-6-4-9(12(14)18)5-10(15-6)17-8(3)11(13)7(2)16-17/h4-5H,13H2,1-3H3,(H2,14,18). The third-order valence-corrected chi connectivity index (χ3v) is 2.79. The molecule has 0 atom stereocenters. The first-order valence-corrected chi connectivity index (χ1v) is 5.50. The Morgan fingerprint density at radius 3 is 2.44 bits per heavy atom. The van der Waals surface area contributed by atoms with Gasteiger partial charge >= 0.3 is 0 Å². The first-order chi connectivity index (χ1) is 8.40. The van der Waals surface area contributed by atoms with Gasteiger partial charge in [-0.2, -0.15) is 5.10 Å². The van der Waals surface area contributed by atoms with Gasteiger partial charge in [0.1, 0.15) is 0 Å². The van der Waals surface area contributed by atoms with Crippen molar-refractivity contribution in [2.24, 2.45) is 5.73 Å². The molecule has 4 N–H and O–H groups in total. The minimum absolute atomic E-state index is 0.406. The normalized spacial score (nSPS) is 10.6. The number of nitrogens with two attached hydrogens (primary N) is 2. The molecule has 0 spiro atoms. The number of nitrogen functional groups attached to an aromatic ring is 1. The molecule has 0 radical (unpaired) electrons. The lowest BCUT2D eigenvalue weighted by Gasteiger charge is -2.06. The van der Waals surface area contributed by atoms with Crippen LogP contribution in [-0.2, 0) is 0 Å². The Labute approximate surface area is 105 Å². The van der Waals surface area contributed by atoms with E-state index in [1.807, 2.05) is 13.8 Å². The molecule has 0 aliphatic heterocycles. The molecule has 6 nitrogen and oxygen atoms in total. The maximum Gasteiger partial charge on any atom is 0.248 e. The summed E-state index contributed by atoms with van der Waals surface area (Å²) in [5.41, 5.74) is 14.4. The summed E-state index contributed by atoms with van der Waals surface area (Å²) >= 11 is 0. The van der Waals surface area contributed by atoms with Crippen molar-refractivity contribution in [3.63, 3.8) is 0 Å². The molecule has 2 aromatic heterocycles. The van der Waals surface area contributed by atoms with E-state index in [1.54, 1.807) is 23.7 Å². The van der Waals surface area contributed by atoms with Gasteiger partial charge in [0.15, 0.2) is 5.82 Å². The molecule has 2 rings (SSSR count). The first kappa shape index (κ1) is 12.1. The number of hydrogen-bond donors (Lipinski definition) is 2. The molecule has 0 saturated carbocycles. The average molecular weight is 245 g/mol. The van der Waals surface area contributed by atoms with E-state index in [2.05, 4.69) is 10.1 Å². The molecule has 6 heteroatoms. The van der Waals surface area contributed by atoms with E-state index in [4.69, 9.17) is 11.5 Å². The number of aryl methyl sites for hydroxylation is 2. The molecule has 1 amide bonds. The zero-order chi connectivity index (χ0) is 13.4. The molecule has 0 aromatic carbocycles. The number of rotatable bonds is 2. The number of carbonyl (C=O) groups excluding carboxylic acids is 1. The molecule has 0 fully saturated rings. The van der Waals surface area contributed by atoms with Crippen LogP contribution in [0.3, 0.4) is 0 Å². The number of anilines is 1. The molecule has 2 aromatic rings. The molecule has 18 heavy (non-hydrogen) atoms. The van der Waals surface area contributed by atoms with Crippen LogP contribution in [0.5, 0.6) is 0 Å². The molecular weight excluding hydrogens is 230 g/mol. The van der Waals surface area contributed by atoms with Gasteiger partial charge in [-0.15, -0.1) is 0 Å². The first-order valence-electron chi connectivity index (χ1n) is 5.50. The number of pyridine rings is 1. The van der Waals surface area contributed by atoms with E-state index < -0.39 is 5.91 Å². The monoisotopic (exact) mass is 245 g/mol. The van der Waals surface area contributed by atoms with Crippen molar-refractivity contribution in [2.75, 3.05) is 5.73 Å². The molecule has 94 valence electrons. The second kappa shape index (κ2) is 4.14. The van der Waals surface area contributed by atoms with Gasteiger partial charge in [-0.3, -0.25) is 4.79 Å². The lowest BCUT2D eigenvalue weighted by Crippen LogP contribution is -2.13. The second-order valence-electron chi connectivity index (χ2n) is 4.22. The topological polar surface area (TPSA) is 99.8 Å². The van der Waals surface area contributed by atoms with Crippen molar-refractivity contribution in [3.05, 3.63) is 34.8 Å². The van der Waals surface area contributed by atoms with Gasteiger partial charge < -0.3 is 11.5 Å². The van der Waals surface area contributed by atoms with Crippen molar-refractivity contribution in [1.82, 2.24) is 14.8 Å².